The summed E-state index contributed by atoms with van der Waals surface area (Å²) >= 11 is 0. The monoisotopic (exact) mass is 147 g/mol. The van der Waals surface area contributed by atoms with Gasteiger partial charge in [0.15, 0.2) is 0 Å². The molecule has 2 rings (SSSR count). The molecular weight excluding hydrogens is 140 g/mol. The molecule has 0 bridgehead atoms. The topological polar surface area (TPSA) is 30.2 Å². The van der Waals surface area contributed by atoms with E-state index in [2.05, 4.69) is 0 Å². The minimum absolute atomic E-state index is 0.103. The van der Waals surface area contributed by atoms with E-state index >= 15 is 0 Å². The van der Waals surface area contributed by atoms with Crippen molar-refractivity contribution in [2.45, 2.75) is 0 Å². The second-order valence-corrected chi connectivity index (χ2v) is 2.22. The molecular formula is C9H6O2. The predicted molar refractivity (Wildman–Crippen MR) is 42.5 cm³/mol. The van der Waals surface area contributed by atoms with Crippen LogP contribution in [0, 0.1) is 0 Å². The normalized spacial score (nSPS) is 11.5. The molecule has 0 N–H and O–H groups in total. The molecule has 1 aromatic carbocycles. The van der Waals surface area contributed by atoms with E-state index in [1.807, 2.05) is 6.07 Å². The highest BCUT2D eigenvalue weighted by Gasteiger charge is 1.92. The van der Waals surface area contributed by atoms with Crippen molar-refractivity contribution in [3.05, 3.63) is 46.8 Å². The number of hydrogen-bond donors (Lipinski definition) is 0. The van der Waals surface area contributed by atoms with E-state index < -0.39 is 5.63 Å². The molecule has 0 saturated heterocycles. The Morgan fingerprint density at radius 1 is 1.27 bits per heavy atom. The minimum Gasteiger partial charge on any atom is -0.423 e. The van der Waals surface area contributed by atoms with E-state index in [4.69, 9.17) is 5.79 Å². The van der Waals surface area contributed by atoms with Crippen LogP contribution in [0.3, 0.4) is 0 Å². The highest BCUT2D eigenvalue weighted by atomic mass is 16.4. The molecule has 0 spiro atoms. The maximum absolute atomic E-state index is 10.9. The SMILES string of the molecule is [2H]c1cc2ccccc2oc1=O. The molecule has 0 saturated carbocycles. The zero-order valence-corrected chi connectivity index (χ0v) is 5.70. The Labute approximate surface area is 64.5 Å². The summed E-state index contributed by atoms with van der Waals surface area (Å²) < 4.78 is 12.0. The second kappa shape index (κ2) is 2.23. The molecule has 0 atom stereocenters. The Morgan fingerprint density at radius 2 is 2.09 bits per heavy atom. The highest BCUT2D eigenvalue weighted by molar-refractivity contribution is 5.75. The molecule has 0 radical (unpaired) electrons. The molecule has 0 aliphatic heterocycles. The summed E-state index contributed by atoms with van der Waals surface area (Å²) in [5.74, 6) is 0. The first-order valence-electron chi connectivity index (χ1n) is 3.77. The first kappa shape index (κ1) is 5.13. The first-order chi connectivity index (χ1) is 5.77. The van der Waals surface area contributed by atoms with Crippen molar-refractivity contribution in [3.63, 3.8) is 0 Å². The molecule has 11 heavy (non-hydrogen) atoms. The lowest BCUT2D eigenvalue weighted by atomic mass is 10.2. The van der Waals surface area contributed by atoms with Gasteiger partial charge in [-0.2, -0.15) is 0 Å². The Hall–Kier alpha value is -1.57. The van der Waals surface area contributed by atoms with Crippen LogP contribution in [0.15, 0.2) is 45.6 Å². The van der Waals surface area contributed by atoms with Crippen molar-refractivity contribution >= 4 is 11.0 Å². The van der Waals surface area contributed by atoms with Crippen LogP contribution in [0.4, 0.5) is 0 Å². The van der Waals surface area contributed by atoms with E-state index in [1.165, 1.54) is 6.07 Å². The van der Waals surface area contributed by atoms with E-state index in [0.717, 1.165) is 5.39 Å². The van der Waals surface area contributed by atoms with Crippen LogP contribution in [0.1, 0.15) is 1.37 Å². The van der Waals surface area contributed by atoms with Gasteiger partial charge >= 0.3 is 5.63 Å². The van der Waals surface area contributed by atoms with Gasteiger partial charge in [-0.05, 0) is 12.1 Å². The summed E-state index contributed by atoms with van der Waals surface area (Å²) in [7, 11) is 0. The first-order valence-corrected chi connectivity index (χ1v) is 3.27. The molecule has 0 aliphatic carbocycles. The average Bonchev–Trinajstić information content (AvgIpc) is 2.07. The Bertz CT molecular complexity index is 473. The van der Waals surface area contributed by atoms with Gasteiger partial charge in [0, 0.05) is 11.4 Å². The van der Waals surface area contributed by atoms with Crippen LogP contribution in [-0.4, -0.2) is 0 Å². The van der Waals surface area contributed by atoms with Gasteiger partial charge in [0.2, 0.25) is 0 Å². The summed E-state index contributed by atoms with van der Waals surface area (Å²) in [6, 6.07) is 8.53. The van der Waals surface area contributed by atoms with Crippen molar-refractivity contribution in [1.29, 1.82) is 0 Å². The van der Waals surface area contributed by atoms with E-state index in [0.29, 0.717) is 5.58 Å². The molecule has 0 fully saturated rings. The third-order valence-corrected chi connectivity index (χ3v) is 1.47. The minimum atomic E-state index is -0.589. The lowest BCUT2D eigenvalue weighted by molar-refractivity contribution is 0.561. The summed E-state index contributed by atoms with van der Waals surface area (Å²) in [4.78, 5) is 10.9. The molecule has 1 aromatic heterocycles. The van der Waals surface area contributed by atoms with Gasteiger partial charge in [0.1, 0.15) is 5.58 Å². The van der Waals surface area contributed by atoms with Crippen molar-refractivity contribution in [3.8, 4) is 0 Å². The fourth-order valence-electron chi connectivity index (χ4n) is 0.959. The largest absolute Gasteiger partial charge is 0.423 e. The molecule has 0 amide bonds. The van der Waals surface area contributed by atoms with Gasteiger partial charge in [0.05, 0.1) is 1.37 Å². The van der Waals surface area contributed by atoms with Crippen LogP contribution >= 0.6 is 0 Å². The van der Waals surface area contributed by atoms with Crippen LogP contribution in [-0.2, 0) is 0 Å². The summed E-state index contributed by atoms with van der Waals surface area (Å²) in [6.45, 7) is 0. The fraction of sp³-hybridized carbons (Fsp3) is 0. The molecule has 54 valence electrons. The van der Waals surface area contributed by atoms with E-state index in [-0.39, 0.29) is 6.04 Å². The van der Waals surface area contributed by atoms with Crippen molar-refractivity contribution in [2.75, 3.05) is 0 Å². The molecule has 2 nitrogen and oxygen atoms in total. The summed E-state index contributed by atoms with van der Waals surface area (Å²) in [5, 5.41) is 0.780. The van der Waals surface area contributed by atoms with Crippen LogP contribution in [0.2, 0.25) is 0 Å². The van der Waals surface area contributed by atoms with Crippen molar-refractivity contribution in [2.24, 2.45) is 0 Å². The Kier molecular flexibility index (Phi) is 1.04. The van der Waals surface area contributed by atoms with Gasteiger partial charge in [-0.25, -0.2) is 4.79 Å². The quantitative estimate of drug-likeness (QED) is 0.532. The van der Waals surface area contributed by atoms with Gasteiger partial charge in [-0.3, -0.25) is 0 Å². The number of fused-ring (bicyclic) bond motifs is 1. The summed E-state index contributed by atoms with van der Waals surface area (Å²) in [6.07, 6.45) is 0. The van der Waals surface area contributed by atoms with Crippen molar-refractivity contribution in [1.82, 2.24) is 0 Å². The van der Waals surface area contributed by atoms with E-state index in [1.54, 1.807) is 18.2 Å². The zero-order chi connectivity index (χ0) is 8.55. The smallest absolute Gasteiger partial charge is 0.336 e. The second-order valence-electron chi connectivity index (χ2n) is 2.22. The van der Waals surface area contributed by atoms with Gasteiger partial charge in [0.25, 0.3) is 0 Å². The fourth-order valence-corrected chi connectivity index (χ4v) is 0.959. The number of hydrogen-bond acceptors (Lipinski definition) is 2. The summed E-state index contributed by atoms with van der Waals surface area (Å²) in [5.41, 5.74) is -0.0628. The number of benzene rings is 1. The molecule has 0 unspecified atom stereocenters. The van der Waals surface area contributed by atoms with Crippen molar-refractivity contribution < 1.29 is 5.79 Å². The highest BCUT2D eigenvalue weighted by Crippen LogP contribution is 2.08. The van der Waals surface area contributed by atoms with E-state index in [9.17, 15) is 4.79 Å². The maximum Gasteiger partial charge on any atom is 0.336 e. The lowest BCUT2D eigenvalue weighted by Gasteiger charge is -1.91. The van der Waals surface area contributed by atoms with Crippen LogP contribution in [0.5, 0.6) is 0 Å². The third-order valence-electron chi connectivity index (χ3n) is 1.47. The molecule has 0 aliphatic rings. The number of para-hydroxylation sites is 1. The predicted octanol–water partition coefficient (Wildman–Crippen LogP) is 1.79. The van der Waals surface area contributed by atoms with Gasteiger partial charge in [-0.1, -0.05) is 18.2 Å². The van der Waals surface area contributed by atoms with Gasteiger partial charge < -0.3 is 4.42 Å². The zero-order valence-electron chi connectivity index (χ0n) is 6.70. The van der Waals surface area contributed by atoms with Crippen LogP contribution in [0.25, 0.3) is 11.0 Å². The van der Waals surface area contributed by atoms with Crippen LogP contribution < -0.4 is 5.63 Å². The average molecular weight is 147 g/mol. The Balaban J connectivity index is 2.93. The number of rotatable bonds is 0. The Morgan fingerprint density at radius 3 is 3.00 bits per heavy atom. The van der Waals surface area contributed by atoms with Gasteiger partial charge in [-0.15, -0.1) is 0 Å². The lowest BCUT2D eigenvalue weighted by Crippen LogP contribution is -1.93. The maximum atomic E-state index is 10.9. The molecule has 2 aromatic rings. The molecule has 1 heterocycles. The standard InChI is InChI=1S/C9H6O2/c10-9-6-5-7-3-1-2-4-8(7)11-9/h1-6H/i6D. The molecule has 2 heteroatoms. The third kappa shape index (κ3) is 1.03.